The molecule has 0 spiro atoms. The lowest BCUT2D eigenvalue weighted by Gasteiger charge is -2.13. The number of aromatic nitrogens is 2. The van der Waals surface area contributed by atoms with Crippen molar-refractivity contribution in [3.63, 3.8) is 0 Å². The molecule has 1 aliphatic rings. The Balaban J connectivity index is 2.11. The highest BCUT2D eigenvalue weighted by molar-refractivity contribution is 9.10. The molecule has 0 aromatic carbocycles. The monoisotopic (exact) mass is 362 g/mol. The Morgan fingerprint density at radius 1 is 1.32 bits per heavy atom. The van der Waals surface area contributed by atoms with E-state index < -0.39 is 0 Å². The van der Waals surface area contributed by atoms with Gasteiger partial charge in [0.1, 0.15) is 11.0 Å². The molecule has 0 amide bonds. The molecule has 1 aromatic rings. The molecule has 1 saturated carbocycles. The summed E-state index contributed by atoms with van der Waals surface area (Å²) >= 11 is 11.7. The van der Waals surface area contributed by atoms with Gasteiger partial charge in [0.2, 0.25) is 0 Å². The standard InChI is InChI=1S/C14H20BrClN2S/c1-9(2)7-19-8-11-17-13(10-5-3-4-6-10)12(15)14(16)18-11/h9-10H,3-8H2,1-2H3. The average Bonchev–Trinajstić information content (AvgIpc) is 2.86. The quantitative estimate of drug-likeness (QED) is 0.651. The van der Waals surface area contributed by atoms with E-state index in [4.69, 9.17) is 16.6 Å². The van der Waals surface area contributed by atoms with Gasteiger partial charge in [0, 0.05) is 5.92 Å². The van der Waals surface area contributed by atoms with Crippen LogP contribution in [0.5, 0.6) is 0 Å². The number of hydrogen-bond donors (Lipinski definition) is 0. The number of thioether (sulfide) groups is 1. The predicted octanol–water partition coefficient (Wildman–Crippen LogP) is 5.44. The molecule has 0 N–H and O–H groups in total. The van der Waals surface area contributed by atoms with Crippen LogP contribution in [0.2, 0.25) is 5.15 Å². The summed E-state index contributed by atoms with van der Waals surface area (Å²) in [7, 11) is 0. The first kappa shape index (κ1) is 15.6. The average molecular weight is 364 g/mol. The lowest BCUT2D eigenvalue weighted by Crippen LogP contribution is -2.05. The first-order valence-electron chi connectivity index (χ1n) is 6.87. The molecule has 0 aliphatic heterocycles. The summed E-state index contributed by atoms with van der Waals surface area (Å²) in [6.07, 6.45) is 5.06. The Bertz CT molecular complexity index is 434. The van der Waals surface area contributed by atoms with Crippen LogP contribution < -0.4 is 0 Å². The molecule has 1 aromatic heterocycles. The minimum absolute atomic E-state index is 0.559. The van der Waals surface area contributed by atoms with Crippen LogP contribution >= 0.6 is 39.3 Å². The molecule has 0 unspecified atom stereocenters. The van der Waals surface area contributed by atoms with Crippen molar-refractivity contribution in [3.8, 4) is 0 Å². The van der Waals surface area contributed by atoms with Crippen LogP contribution in [0.4, 0.5) is 0 Å². The van der Waals surface area contributed by atoms with Crippen LogP contribution in [0.15, 0.2) is 4.47 Å². The Hall–Kier alpha value is 0.200. The van der Waals surface area contributed by atoms with Crippen LogP contribution in [0.1, 0.15) is 57.0 Å². The largest absolute Gasteiger partial charge is 0.235 e. The van der Waals surface area contributed by atoms with Gasteiger partial charge in [-0.15, -0.1) is 0 Å². The van der Waals surface area contributed by atoms with Gasteiger partial charge in [0.05, 0.1) is 15.9 Å². The van der Waals surface area contributed by atoms with Gasteiger partial charge < -0.3 is 0 Å². The first-order chi connectivity index (χ1) is 9.08. The Morgan fingerprint density at radius 2 is 2.00 bits per heavy atom. The van der Waals surface area contributed by atoms with E-state index in [0.717, 1.165) is 27.5 Å². The third-order valence-electron chi connectivity index (χ3n) is 3.31. The fourth-order valence-electron chi connectivity index (χ4n) is 2.40. The zero-order valence-electron chi connectivity index (χ0n) is 11.5. The highest BCUT2D eigenvalue weighted by atomic mass is 79.9. The van der Waals surface area contributed by atoms with Crippen LogP contribution in [-0.4, -0.2) is 15.7 Å². The van der Waals surface area contributed by atoms with E-state index in [1.165, 1.54) is 25.7 Å². The topological polar surface area (TPSA) is 25.8 Å². The molecule has 0 radical (unpaired) electrons. The van der Waals surface area contributed by atoms with Gasteiger partial charge in [0.25, 0.3) is 0 Å². The lowest BCUT2D eigenvalue weighted by molar-refractivity contribution is 0.683. The van der Waals surface area contributed by atoms with Crippen molar-refractivity contribution in [1.82, 2.24) is 9.97 Å². The van der Waals surface area contributed by atoms with Crippen molar-refractivity contribution >= 4 is 39.3 Å². The second kappa shape index (κ2) is 7.28. The predicted molar refractivity (Wildman–Crippen MR) is 87.0 cm³/mol. The minimum atomic E-state index is 0.559. The molecule has 0 saturated heterocycles. The zero-order valence-corrected chi connectivity index (χ0v) is 14.6. The van der Waals surface area contributed by atoms with Crippen molar-refractivity contribution in [1.29, 1.82) is 0 Å². The molecule has 1 fully saturated rings. The second-order valence-electron chi connectivity index (χ2n) is 5.52. The van der Waals surface area contributed by atoms with Crippen LogP contribution in [0, 0.1) is 5.92 Å². The highest BCUT2D eigenvalue weighted by Gasteiger charge is 2.23. The van der Waals surface area contributed by atoms with E-state index in [9.17, 15) is 0 Å². The van der Waals surface area contributed by atoms with Crippen molar-refractivity contribution in [3.05, 3.63) is 21.1 Å². The SMILES string of the molecule is CC(C)CSCc1nc(Cl)c(Br)c(C2CCCC2)n1. The summed E-state index contributed by atoms with van der Waals surface area (Å²) in [6, 6.07) is 0. The van der Waals surface area contributed by atoms with Gasteiger partial charge >= 0.3 is 0 Å². The zero-order chi connectivity index (χ0) is 13.8. The number of nitrogens with zero attached hydrogens (tertiary/aromatic N) is 2. The molecular formula is C14H20BrClN2S. The third-order valence-corrected chi connectivity index (χ3v) is 5.96. The maximum atomic E-state index is 6.23. The molecule has 5 heteroatoms. The summed E-state index contributed by atoms with van der Waals surface area (Å²) in [5.74, 6) is 4.12. The molecule has 0 atom stereocenters. The van der Waals surface area contributed by atoms with Crippen molar-refractivity contribution in [2.45, 2.75) is 51.2 Å². The van der Waals surface area contributed by atoms with E-state index in [0.29, 0.717) is 17.0 Å². The van der Waals surface area contributed by atoms with E-state index in [1.807, 2.05) is 11.8 Å². The molecular weight excluding hydrogens is 344 g/mol. The van der Waals surface area contributed by atoms with Crippen molar-refractivity contribution in [2.75, 3.05) is 5.75 Å². The van der Waals surface area contributed by atoms with Crippen molar-refractivity contribution in [2.24, 2.45) is 5.92 Å². The second-order valence-corrected chi connectivity index (χ2v) is 7.70. The lowest BCUT2D eigenvalue weighted by atomic mass is 10.0. The number of hydrogen-bond acceptors (Lipinski definition) is 3. The van der Waals surface area contributed by atoms with E-state index in [2.05, 4.69) is 34.8 Å². The van der Waals surface area contributed by atoms with Crippen LogP contribution in [-0.2, 0) is 5.75 Å². The number of halogens is 2. The van der Waals surface area contributed by atoms with Crippen LogP contribution in [0.25, 0.3) is 0 Å². The minimum Gasteiger partial charge on any atom is -0.235 e. The highest BCUT2D eigenvalue weighted by Crippen LogP contribution is 2.38. The van der Waals surface area contributed by atoms with E-state index >= 15 is 0 Å². The number of rotatable bonds is 5. The van der Waals surface area contributed by atoms with Gasteiger partial charge in [-0.3, -0.25) is 0 Å². The first-order valence-corrected chi connectivity index (χ1v) is 9.20. The molecule has 2 nitrogen and oxygen atoms in total. The fourth-order valence-corrected chi connectivity index (χ4v) is 4.00. The molecule has 2 rings (SSSR count). The van der Waals surface area contributed by atoms with Gasteiger partial charge in [-0.1, -0.05) is 38.3 Å². The maximum Gasteiger partial charge on any atom is 0.147 e. The third kappa shape index (κ3) is 4.33. The fraction of sp³-hybridized carbons (Fsp3) is 0.714. The summed E-state index contributed by atoms with van der Waals surface area (Å²) in [6.45, 7) is 4.46. The normalized spacial score (nSPS) is 16.5. The Labute approximate surface area is 133 Å². The summed E-state index contributed by atoms with van der Waals surface area (Å²) in [5.41, 5.74) is 1.12. The maximum absolute atomic E-state index is 6.23. The van der Waals surface area contributed by atoms with Gasteiger partial charge in [0.15, 0.2) is 0 Å². The molecule has 1 aliphatic carbocycles. The summed E-state index contributed by atoms with van der Waals surface area (Å²) in [4.78, 5) is 9.14. The molecule has 19 heavy (non-hydrogen) atoms. The Kier molecular flexibility index (Phi) is 5.97. The van der Waals surface area contributed by atoms with Crippen molar-refractivity contribution < 1.29 is 0 Å². The van der Waals surface area contributed by atoms with Gasteiger partial charge in [-0.25, -0.2) is 9.97 Å². The van der Waals surface area contributed by atoms with Crippen LogP contribution in [0.3, 0.4) is 0 Å². The van der Waals surface area contributed by atoms with Gasteiger partial charge in [-0.05, 0) is 40.4 Å². The van der Waals surface area contributed by atoms with Gasteiger partial charge in [-0.2, -0.15) is 11.8 Å². The van der Waals surface area contributed by atoms with E-state index in [1.54, 1.807) is 0 Å². The summed E-state index contributed by atoms with van der Waals surface area (Å²) < 4.78 is 0.902. The smallest absolute Gasteiger partial charge is 0.147 e. The molecule has 0 bridgehead atoms. The Morgan fingerprint density at radius 3 is 2.63 bits per heavy atom. The van der Waals surface area contributed by atoms with E-state index in [-0.39, 0.29) is 0 Å². The molecule has 1 heterocycles. The summed E-state index contributed by atoms with van der Waals surface area (Å²) in [5, 5.41) is 0.567. The molecule has 106 valence electrons.